The van der Waals surface area contributed by atoms with Gasteiger partial charge in [-0.05, 0) is 48.6 Å². The van der Waals surface area contributed by atoms with Gasteiger partial charge in [0.05, 0.1) is 38.9 Å². The van der Waals surface area contributed by atoms with Crippen LogP contribution in [-0.2, 0) is 6.54 Å². The molecule has 32 heavy (non-hydrogen) atoms. The van der Waals surface area contributed by atoms with Crippen molar-refractivity contribution >= 4 is 16.9 Å². The SMILES string of the molecule is C[N+](C)(C)C1COc2ccccc2-c2c(C3CCCCC3)c3ccc(C(=O)O)cc3n2C1. The van der Waals surface area contributed by atoms with Crippen LogP contribution in [0.4, 0.5) is 0 Å². The van der Waals surface area contributed by atoms with E-state index in [1.165, 1.54) is 48.7 Å². The van der Waals surface area contributed by atoms with Gasteiger partial charge in [0.15, 0.2) is 0 Å². The number of quaternary nitrogens is 1. The standard InChI is InChI=1S/C27H32N2O3/c1-29(2,3)20-16-28-23-15-19(27(30)31)13-14-21(23)25(18-9-5-4-6-10-18)26(28)22-11-7-8-12-24(22)32-17-20/h7-8,11-15,18,20H,4-6,9-10,16-17H2,1-3H3/p+1. The summed E-state index contributed by atoms with van der Waals surface area (Å²) in [5, 5.41) is 10.9. The number of aromatic nitrogens is 1. The van der Waals surface area contributed by atoms with Crippen LogP contribution in [0.5, 0.6) is 5.75 Å². The average molecular weight is 434 g/mol. The minimum Gasteiger partial charge on any atom is -0.487 e. The van der Waals surface area contributed by atoms with Crippen molar-refractivity contribution in [3.63, 3.8) is 0 Å². The lowest BCUT2D eigenvalue weighted by atomic mass is 9.81. The first-order chi connectivity index (χ1) is 15.3. The zero-order valence-corrected chi connectivity index (χ0v) is 19.3. The number of benzene rings is 2. The molecular formula is C27H33N2O3+. The summed E-state index contributed by atoms with van der Waals surface area (Å²) in [6, 6.07) is 14.3. The number of nitrogens with zero attached hydrogens (tertiary/aromatic N) is 2. The van der Waals surface area contributed by atoms with Crippen molar-refractivity contribution in [2.24, 2.45) is 0 Å². The maximum absolute atomic E-state index is 11.8. The van der Waals surface area contributed by atoms with Gasteiger partial charge in [-0.2, -0.15) is 0 Å². The smallest absolute Gasteiger partial charge is 0.335 e. The lowest BCUT2D eigenvalue weighted by molar-refractivity contribution is -0.897. The molecule has 0 radical (unpaired) electrons. The minimum absolute atomic E-state index is 0.241. The predicted octanol–water partition coefficient (Wildman–Crippen LogP) is 5.52. The van der Waals surface area contributed by atoms with Gasteiger partial charge in [-0.15, -0.1) is 0 Å². The maximum atomic E-state index is 11.8. The van der Waals surface area contributed by atoms with Crippen LogP contribution < -0.4 is 4.74 Å². The molecule has 2 heterocycles. The number of fused-ring (bicyclic) bond motifs is 5. The summed E-state index contributed by atoms with van der Waals surface area (Å²) in [5.74, 6) is 0.540. The Morgan fingerprint density at radius 3 is 2.53 bits per heavy atom. The van der Waals surface area contributed by atoms with Gasteiger partial charge in [-0.25, -0.2) is 4.79 Å². The van der Waals surface area contributed by atoms with Gasteiger partial charge in [0, 0.05) is 16.5 Å². The molecule has 1 fully saturated rings. The lowest BCUT2D eigenvalue weighted by Gasteiger charge is -2.36. The highest BCUT2D eigenvalue weighted by atomic mass is 16.5. The number of rotatable bonds is 3. The van der Waals surface area contributed by atoms with E-state index in [0.717, 1.165) is 27.9 Å². The molecule has 1 N–H and O–H groups in total. The summed E-state index contributed by atoms with van der Waals surface area (Å²) in [5.41, 5.74) is 5.12. The summed E-state index contributed by atoms with van der Waals surface area (Å²) in [7, 11) is 6.62. The van der Waals surface area contributed by atoms with Crippen LogP contribution >= 0.6 is 0 Å². The number of aromatic carboxylic acids is 1. The molecule has 5 heteroatoms. The molecule has 5 nitrogen and oxygen atoms in total. The Bertz CT molecular complexity index is 1170. The maximum Gasteiger partial charge on any atom is 0.335 e. The van der Waals surface area contributed by atoms with Crippen molar-refractivity contribution in [1.82, 2.24) is 4.57 Å². The molecule has 1 aromatic heterocycles. The first-order valence-electron chi connectivity index (χ1n) is 11.8. The molecule has 1 saturated carbocycles. The van der Waals surface area contributed by atoms with Crippen molar-refractivity contribution in [3.05, 3.63) is 53.6 Å². The fourth-order valence-corrected chi connectivity index (χ4v) is 5.50. The second kappa shape index (κ2) is 7.96. The van der Waals surface area contributed by atoms with Crippen molar-refractivity contribution in [2.75, 3.05) is 27.7 Å². The molecule has 2 aliphatic rings. The third kappa shape index (κ3) is 3.58. The van der Waals surface area contributed by atoms with E-state index in [2.05, 4.69) is 43.9 Å². The summed E-state index contributed by atoms with van der Waals surface area (Å²) in [4.78, 5) is 11.8. The number of carboxylic acid groups (broad SMARTS) is 1. The summed E-state index contributed by atoms with van der Waals surface area (Å²) in [6.07, 6.45) is 6.19. The van der Waals surface area contributed by atoms with Gasteiger partial charge in [-0.1, -0.05) is 37.5 Å². The van der Waals surface area contributed by atoms with E-state index in [-0.39, 0.29) is 6.04 Å². The van der Waals surface area contributed by atoms with Crippen LogP contribution in [0.2, 0.25) is 0 Å². The van der Waals surface area contributed by atoms with E-state index in [9.17, 15) is 9.90 Å². The Balaban J connectivity index is 1.84. The van der Waals surface area contributed by atoms with E-state index in [1.807, 2.05) is 18.2 Å². The second-order valence-corrected chi connectivity index (χ2v) is 10.3. The molecule has 0 amide bonds. The third-order valence-electron chi connectivity index (χ3n) is 7.43. The first-order valence-corrected chi connectivity index (χ1v) is 11.8. The monoisotopic (exact) mass is 433 g/mol. The van der Waals surface area contributed by atoms with Crippen LogP contribution in [0.15, 0.2) is 42.5 Å². The molecule has 1 aliphatic carbocycles. The highest BCUT2D eigenvalue weighted by Crippen LogP contribution is 2.47. The number of hydrogen-bond acceptors (Lipinski definition) is 2. The molecule has 0 saturated heterocycles. The quantitative estimate of drug-likeness (QED) is 0.553. The molecule has 1 aliphatic heterocycles. The van der Waals surface area contributed by atoms with Gasteiger partial charge in [0.1, 0.15) is 18.4 Å². The van der Waals surface area contributed by atoms with Gasteiger partial charge >= 0.3 is 5.97 Å². The molecule has 5 rings (SSSR count). The lowest BCUT2D eigenvalue weighted by Crippen LogP contribution is -2.51. The number of carbonyl (C=O) groups is 1. The highest BCUT2D eigenvalue weighted by molar-refractivity contribution is 5.98. The summed E-state index contributed by atoms with van der Waals surface area (Å²) < 4.78 is 9.58. The first kappa shape index (κ1) is 21.1. The number of hydrogen-bond donors (Lipinski definition) is 1. The highest BCUT2D eigenvalue weighted by Gasteiger charge is 2.34. The Morgan fingerprint density at radius 1 is 1.06 bits per heavy atom. The van der Waals surface area contributed by atoms with Gasteiger partial charge in [-0.3, -0.25) is 0 Å². The normalized spacial score (nSPS) is 19.5. The molecule has 1 atom stereocenters. The zero-order valence-electron chi connectivity index (χ0n) is 19.3. The van der Waals surface area contributed by atoms with Crippen molar-refractivity contribution in [2.45, 2.75) is 50.6 Å². The molecule has 1 unspecified atom stereocenters. The van der Waals surface area contributed by atoms with E-state index in [0.29, 0.717) is 18.1 Å². The average Bonchev–Trinajstić information content (AvgIpc) is 3.07. The Hall–Kier alpha value is -2.79. The van der Waals surface area contributed by atoms with E-state index in [1.54, 1.807) is 6.07 Å². The zero-order chi connectivity index (χ0) is 22.5. The van der Waals surface area contributed by atoms with E-state index >= 15 is 0 Å². The molecule has 2 aromatic carbocycles. The summed E-state index contributed by atoms with van der Waals surface area (Å²) >= 11 is 0. The Kier molecular flexibility index (Phi) is 5.25. The Labute approximate surface area is 189 Å². The van der Waals surface area contributed by atoms with E-state index < -0.39 is 5.97 Å². The van der Waals surface area contributed by atoms with Gasteiger partial charge in [0.25, 0.3) is 0 Å². The van der Waals surface area contributed by atoms with Crippen LogP contribution in [0, 0.1) is 0 Å². The number of carboxylic acids is 1. The fraction of sp³-hybridized carbons (Fsp3) is 0.444. The van der Waals surface area contributed by atoms with Crippen molar-refractivity contribution in [1.29, 1.82) is 0 Å². The number of likely N-dealkylation sites (N-methyl/N-ethyl adjacent to an activating group) is 1. The fourth-order valence-electron chi connectivity index (χ4n) is 5.50. The molecule has 168 valence electrons. The van der Waals surface area contributed by atoms with Gasteiger partial charge < -0.3 is 18.9 Å². The van der Waals surface area contributed by atoms with Crippen LogP contribution in [0.3, 0.4) is 0 Å². The van der Waals surface area contributed by atoms with Crippen molar-refractivity contribution < 1.29 is 19.1 Å². The molecule has 3 aromatic rings. The summed E-state index contributed by atoms with van der Waals surface area (Å²) in [6.45, 7) is 1.41. The number of ether oxygens (including phenoxy) is 1. The molecule has 0 bridgehead atoms. The second-order valence-electron chi connectivity index (χ2n) is 10.3. The van der Waals surface area contributed by atoms with E-state index in [4.69, 9.17) is 4.74 Å². The number of para-hydroxylation sites is 1. The topological polar surface area (TPSA) is 51.5 Å². The predicted molar refractivity (Wildman–Crippen MR) is 127 cm³/mol. The minimum atomic E-state index is -0.876. The van der Waals surface area contributed by atoms with Gasteiger partial charge in [0.2, 0.25) is 0 Å². The van der Waals surface area contributed by atoms with Crippen LogP contribution in [0.25, 0.3) is 22.2 Å². The van der Waals surface area contributed by atoms with Crippen molar-refractivity contribution in [3.8, 4) is 17.0 Å². The third-order valence-corrected chi connectivity index (χ3v) is 7.43. The van der Waals surface area contributed by atoms with Crippen LogP contribution in [0.1, 0.15) is 53.9 Å². The largest absolute Gasteiger partial charge is 0.487 e. The van der Waals surface area contributed by atoms with Crippen LogP contribution in [-0.4, -0.2) is 53.9 Å². The molecular weight excluding hydrogens is 400 g/mol. The molecule has 0 spiro atoms. The Morgan fingerprint density at radius 2 is 1.81 bits per heavy atom.